The van der Waals surface area contributed by atoms with E-state index < -0.39 is 0 Å². The molecular weight excluding hydrogens is 304 g/mol. The van der Waals surface area contributed by atoms with Gasteiger partial charge < -0.3 is 10.1 Å². The van der Waals surface area contributed by atoms with Gasteiger partial charge in [0.1, 0.15) is 5.84 Å². The number of aryl methyl sites for hydroxylation is 1. The zero-order chi connectivity index (χ0) is 18.3. The van der Waals surface area contributed by atoms with Crippen LogP contribution in [0.3, 0.4) is 0 Å². The molecule has 0 fully saturated rings. The summed E-state index contributed by atoms with van der Waals surface area (Å²) in [7, 11) is 0. The van der Waals surface area contributed by atoms with Crippen molar-refractivity contribution >= 4 is 23.4 Å². The second kappa shape index (κ2) is 8.62. The summed E-state index contributed by atoms with van der Waals surface area (Å²) in [6.07, 6.45) is 1.06. The number of carbonyl (C=O) groups is 2. The molecule has 0 spiro atoms. The number of hydrogen-bond donors (Lipinski definition) is 1. The van der Waals surface area contributed by atoms with Crippen molar-refractivity contribution in [1.29, 1.82) is 0 Å². The number of aliphatic imine (C=N–C) groups is 1. The highest BCUT2D eigenvalue weighted by molar-refractivity contribution is 5.99. The molecule has 0 unspecified atom stereocenters. The lowest BCUT2D eigenvalue weighted by Crippen LogP contribution is -2.32. The number of nitrogens with zero attached hydrogens (tertiary/aromatic N) is 1. The number of benzene rings is 1. The molecule has 24 heavy (non-hydrogen) atoms. The molecule has 0 aliphatic rings. The predicted octanol–water partition coefficient (Wildman–Crippen LogP) is 4.16. The highest BCUT2D eigenvalue weighted by atomic mass is 16.5. The van der Waals surface area contributed by atoms with Crippen LogP contribution >= 0.6 is 0 Å². The second-order valence-corrected chi connectivity index (χ2v) is 6.92. The zero-order valence-electron chi connectivity index (χ0n) is 15.5. The van der Waals surface area contributed by atoms with Crippen molar-refractivity contribution in [3.8, 4) is 0 Å². The first kappa shape index (κ1) is 19.9. The second-order valence-electron chi connectivity index (χ2n) is 6.92. The molecule has 0 aliphatic heterocycles. The summed E-state index contributed by atoms with van der Waals surface area (Å²) in [5.74, 6) is 0.241. The number of carbonyl (C=O) groups excluding carboxylic acids is 2. The van der Waals surface area contributed by atoms with Crippen molar-refractivity contribution in [2.24, 2.45) is 10.4 Å². The SMILES string of the molecule is CCOC(=O)c1ccc(N=C(CC)NC(=O)CC(C)(C)C)c(C)c1. The van der Waals surface area contributed by atoms with Crippen LogP contribution in [0.25, 0.3) is 0 Å². The van der Waals surface area contributed by atoms with Gasteiger partial charge in [-0.25, -0.2) is 9.79 Å². The molecule has 0 radical (unpaired) electrons. The van der Waals surface area contributed by atoms with E-state index in [0.717, 1.165) is 11.3 Å². The number of amidine groups is 1. The van der Waals surface area contributed by atoms with Gasteiger partial charge in [-0.05, 0) is 43.0 Å². The van der Waals surface area contributed by atoms with Crippen molar-refractivity contribution in [2.45, 2.75) is 54.4 Å². The lowest BCUT2D eigenvalue weighted by molar-refractivity contribution is -0.121. The van der Waals surface area contributed by atoms with Crippen LogP contribution in [-0.2, 0) is 9.53 Å². The minimum atomic E-state index is -0.342. The number of hydrogen-bond acceptors (Lipinski definition) is 4. The largest absolute Gasteiger partial charge is 0.462 e. The Hall–Kier alpha value is -2.17. The molecule has 1 rings (SSSR count). The highest BCUT2D eigenvalue weighted by Gasteiger charge is 2.17. The topological polar surface area (TPSA) is 67.8 Å². The van der Waals surface area contributed by atoms with Crippen LogP contribution in [-0.4, -0.2) is 24.3 Å². The van der Waals surface area contributed by atoms with Crippen LogP contribution in [0.4, 0.5) is 5.69 Å². The van der Waals surface area contributed by atoms with E-state index in [0.29, 0.717) is 30.8 Å². The van der Waals surface area contributed by atoms with Crippen LogP contribution in [0.5, 0.6) is 0 Å². The Kier molecular flexibility index (Phi) is 7.14. The zero-order valence-corrected chi connectivity index (χ0v) is 15.5. The summed E-state index contributed by atoms with van der Waals surface area (Å²) in [5.41, 5.74) is 2.02. The van der Waals surface area contributed by atoms with Crippen LogP contribution in [0.15, 0.2) is 23.2 Å². The Bertz CT molecular complexity index is 628. The third-order valence-electron chi connectivity index (χ3n) is 3.27. The van der Waals surface area contributed by atoms with Crippen LogP contribution in [0.2, 0.25) is 0 Å². The summed E-state index contributed by atoms with van der Waals surface area (Å²) in [5, 5.41) is 2.88. The van der Waals surface area contributed by atoms with E-state index in [4.69, 9.17) is 4.74 Å². The fraction of sp³-hybridized carbons (Fsp3) is 0.526. The molecule has 1 aromatic rings. The fourth-order valence-corrected chi connectivity index (χ4v) is 2.15. The van der Waals surface area contributed by atoms with Gasteiger partial charge in [0.05, 0.1) is 17.9 Å². The van der Waals surface area contributed by atoms with Crippen molar-refractivity contribution < 1.29 is 14.3 Å². The standard InChI is InChI=1S/C19H28N2O3/c1-7-16(21-17(22)12-19(4,5)6)20-15-10-9-14(11-13(15)3)18(23)24-8-2/h9-11H,7-8,12H2,1-6H3,(H,20,21,22). The van der Waals surface area contributed by atoms with Gasteiger partial charge in [-0.2, -0.15) is 0 Å². The van der Waals surface area contributed by atoms with E-state index in [9.17, 15) is 9.59 Å². The highest BCUT2D eigenvalue weighted by Crippen LogP contribution is 2.21. The molecule has 1 aromatic carbocycles. The molecule has 1 amide bonds. The molecule has 132 valence electrons. The monoisotopic (exact) mass is 332 g/mol. The van der Waals surface area contributed by atoms with Gasteiger partial charge >= 0.3 is 5.97 Å². The van der Waals surface area contributed by atoms with Crippen molar-refractivity contribution in [3.05, 3.63) is 29.3 Å². The molecule has 0 bridgehead atoms. The van der Waals surface area contributed by atoms with E-state index in [1.807, 2.05) is 34.6 Å². The first-order valence-electron chi connectivity index (χ1n) is 8.31. The summed E-state index contributed by atoms with van der Waals surface area (Å²) >= 11 is 0. The molecule has 0 aromatic heterocycles. The first-order valence-corrected chi connectivity index (χ1v) is 8.31. The van der Waals surface area contributed by atoms with Crippen LogP contribution in [0, 0.1) is 12.3 Å². The lowest BCUT2D eigenvalue weighted by Gasteiger charge is -2.17. The molecular formula is C19H28N2O3. The van der Waals surface area contributed by atoms with Crippen molar-refractivity contribution in [2.75, 3.05) is 6.61 Å². The van der Waals surface area contributed by atoms with Gasteiger partial charge in [-0.1, -0.05) is 27.7 Å². The average Bonchev–Trinajstić information content (AvgIpc) is 2.46. The van der Waals surface area contributed by atoms with Gasteiger partial charge in [0.2, 0.25) is 5.91 Å². The summed E-state index contributed by atoms with van der Waals surface area (Å²) in [4.78, 5) is 28.3. The quantitative estimate of drug-likeness (QED) is 0.500. The van der Waals surface area contributed by atoms with Crippen LogP contribution < -0.4 is 5.32 Å². The van der Waals surface area contributed by atoms with E-state index in [2.05, 4.69) is 10.3 Å². The number of esters is 1. The van der Waals surface area contributed by atoms with Crippen molar-refractivity contribution in [3.63, 3.8) is 0 Å². The van der Waals surface area contributed by atoms with Crippen LogP contribution in [0.1, 0.15) is 63.4 Å². The maximum Gasteiger partial charge on any atom is 0.338 e. The minimum Gasteiger partial charge on any atom is -0.462 e. The van der Waals surface area contributed by atoms with E-state index in [-0.39, 0.29) is 17.3 Å². The number of rotatable bonds is 5. The van der Waals surface area contributed by atoms with Gasteiger partial charge in [0, 0.05) is 12.8 Å². The minimum absolute atomic E-state index is 0.0381. The first-order chi connectivity index (χ1) is 11.2. The van der Waals surface area contributed by atoms with Crippen molar-refractivity contribution in [1.82, 2.24) is 5.32 Å². The average molecular weight is 332 g/mol. The predicted molar refractivity (Wildman–Crippen MR) is 96.7 cm³/mol. The Balaban J connectivity index is 2.92. The third kappa shape index (κ3) is 6.52. The smallest absolute Gasteiger partial charge is 0.338 e. The summed E-state index contributed by atoms with van der Waals surface area (Å²) < 4.78 is 4.99. The molecule has 0 heterocycles. The maximum absolute atomic E-state index is 12.1. The Morgan fingerprint density at radius 2 is 1.88 bits per heavy atom. The summed E-state index contributed by atoms with van der Waals surface area (Å²) in [6, 6.07) is 5.21. The number of nitrogens with one attached hydrogen (secondary N) is 1. The Morgan fingerprint density at radius 3 is 2.38 bits per heavy atom. The Labute approximate surface area is 144 Å². The molecule has 0 atom stereocenters. The van der Waals surface area contributed by atoms with E-state index in [1.54, 1.807) is 25.1 Å². The lowest BCUT2D eigenvalue weighted by atomic mass is 9.92. The van der Waals surface area contributed by atoms with E-state index in [1.165, 1.54) is 0 Å². The van der Waals surface area contributed by atoms with Gasteiger partial charge in [-0.3, -0.25) is 4.79 Å². The van der Waals surface area contributed by atoms with Gasteiger partial charge in [0.25, 0.3) is 0 Å². The normalized spacial score (nSPS) is 12.0. The third-order valence-corrected chi connectivity index (χ3v) is 3.27. The summed E-state index contributed by atoms with van der Waals surface area (Å²) in [6.45, 7) is 12.0. The molecule has 5 heteroatoms. The maximum atomic E-state index is 12.1. The molecule has 1 N–H and O–H groups in total. The molecule has 5 nitrogen and oxygen atoms in total. The number of ether oxygens (including phenoxy) is 1. The van der Waals surface area contributed by atoms with E-state index >= 15 is 0 Å². The molecule has 0 aliphatic carbocycles. The molecule has 0 saturated heterocycles. The van der Waals surface area contributed by atoms with Gasteiger partial charge in [0.15, 0.2) is 0 Å². The van der Waals surface area contributed by atoms with Gasteiger partial charge in [-0.15, -0.1) is 0 Å². The number of amides is 1. The molecule has 0 saturated carbocycles. The fourth-order valence-electron chi connectivity index (χ4n) is 2.15. The Morgan fingerprint density at radius 1 is 1.21 bits per heavy atom.